The van der Waals surface area contributed by atoms with Gasteiger partial charge >= 0.3 is 0 Å². The number of nitrogens with one attached hydrogen (secondary N) is 1. The first-order valence-electron chi connectivity index (χ1n) is 6.61. The Morgan fingerprint density at radius 3 is 2.60 bits per heavy atom. The van der Waals surface area contributed by atoms with Crippen molar-refractivity contribution in [2.45, 2.75) is 13.5 Å². The van der Waals surface area contributed by atoms with Crippen LogP contribution in [0.5, 0.6) is 11.5 Å². The van der Waals surface area contributed by atoms with Gasteiger partial charge in [-0.1, -0.05) is 29.8 Å². The number of hydrogen-bond acceptors (Lipinski definition) is 3. The van der Waals surface area contributed by atoms with Gasteiger partial charge in [-0.2, -0.15) is 0 Å². The molecule has 0 bridgehead atoms. The van der Waals surface area contributed by atoms with Crippen molar-refractivity contribution in [3.63, 3.8) is 0 Å². The van der Waals surface area contributed by atoms with Gasteiger partial charge in [0.2, 0.25) is 0 Å². The first-order valence-corrected chi connectivity index (χ1v) is 7.40. The summed E-state index contributed by atoms with van der Waals surface area (Å²) in [5.74, 6) is 1.59. The largest absolute Gasteiger partial charge is 0.486 e. The minimum atomic E-state index is 0.603. The molecule has 0 fully saturated rings. The number of hydrogen-bond donors (Lipinski definition) is 1. The van der Waals surface area contributed by atoms with E-state index in [4.69, 9.17) is 9.47 Å². The maximum absolute atomic E-state index is 5.60. The van der Waals surface area contributed by atoms with Gasteiger partial charge in [0.05, 0.1) is 5.69 Å². The van der Waals surface area contributed by atoms with E-state index in [0.29, 0.717) is 13.2 Å². The maximum Gasteiger partial charge on any atom is 0.163 e. The van der Waals surface area contributed by atoms with Crippen molar-refractivity contribution >= 4 is 21.6 Å². The van der Waals surface area contributed by atoms with E-state index in [-0.39, 0.29) is 0 Å². The lowest BCUT2D eigenvalue weighted by Gasteiger charge is -2.20. The van der Waals surface area contributed by atoms with E-state index in [1.165, 1.54) is 11.1 Å². The van der Waals surface area contributed by atoms with Gasteiger partial charge < -0.3 is 14.8 Å². The number of anilines is 1. The monoisotopic (exact) mass is 333 g/mol. The summed E-state index contributed by atoms with van der Waals surface area (Å²) in [4.78, 5) is 0. The first-order chi connectivity index (χ1) is 9.72. The summed E-state index contributed by atoms with van der Waals surface area (Å²) in [5, 5.41) is 3.42. The van der Waals surface area contributed by atoms with Crippen molar-refractivity contribution in [1.82, 2.24) is 0 Å². The Bertz CT molecular complexity index is 628. The standard InChI is InChI=1S/C16H16BrNO2/c1-11-3-2-4-12(7-11)10-18-14-9-16-15(8-13(14)17)19-5-6-20-16/h2-4,7-9,18H,5-6,10H2,1H3. The Labute approximate surface area is 127 Å². The van der Waals surface area contributed by atoms with Crippen LogP contribution >= 0.6 is 15.9 Å². The van der Waals surface area contributed by atoms with E-state index in [2.05, 4.69) is 52.4 Å². The molecule has 0 amide bonds. The summed E-state index contributed by atoms with van der Waals surface area (Å²) < 4.78 is 12.1. The van der Waals surface area contributed by atoms with Gasteiger partial charge in [-0.15, -0.1) is 0 Å². The summed E-state index contributed by atoms with van der Waals surface area (Å²) in [6.07, 6.45) is 0. The van der Waals surface area contributed by atoms with Crippen LogP contribution in [-0.4, -0.2) is 13.2 Å². The minimum absolute atomic E-state index is 0.603. The molecular weight excluding hydrogens is 318 g/mol. The average molecular weight is 334 g/mol. The van der Waals surface area contributed by atoms with Crippen LogP contribution in [0.4, 0.5) is 5.69 Å². The Kier molecular flexibility index (Phi) is 3.83. The molecule has 0 spiro atoms. The Morgan fingerprint density at radius 1 is 1.10 bits per heavy atom. The smallest absolute Gasteiger partial charge is 0.163 e. The predicted molar refractivity (Wildman–Crippen MR) is 83.6 cm³/mol. The fraction of sp³-hybridized carbons (Fsp3) is 0.250. The molecule has 104 valence electrons. The highest BCUT2D eigenvalue weighted by molar-refractivity contribution is 9.10. The summed E-state index contributed by atoms with van der Waals surface area (Å²) in [6.45, 7) is 4.09. The second-order valence-electron chi connectivity index (χ2n) is 4.82. The molecule has 4 heteroatoms. The molecule has 2 aromatic rings. The van der Waals surface area contributed by atoms with Crippen molar-refractivity contribution in [2.24, 2.45) is 0 Å². The molecule has 0 radical (unpaired) electrons. The lowest BCUT2D eigenvalue weighted by atomic mass is 10.1. The van der Waals surface area contributed by atoms with Gasteiger partial charge in [-0.25, -0.2) is 0 Å². The number of ether oxygens (including phenoxy) is 2. The normalized spacial score (nSPS) is 13.1. The van der Waals surface area contributed by atoms with E-state index in [0.717, 1.165) is 28.2 Å². The molecule has 1 aliphatic heterocycles. The lowest BCUT2D eigenvalue weighted by molar-refractivity contribution is 0.171. The lowest BCUT2D eigenvalue weighted by Crippen LogP contribution is -2.15. The molecule has 3 rings (SSSR count). The number of halogens is 1. The molecular formula is C16H16BrNO2. The third kappa shape index (κ3) is 2.90. The molecule has 0 saturated carbocycles. The molecule has 1 aliphatic rings. The van der Waals surface area contributed by atoms with Crippen LogP contribution in [0, 0.1) is 6.92 Å². The fourth-order valence-electron chi connectivity index (χ4n) is 2.22. The summed E-state index contributed by atoms with van der Waals surface area (Å²) >= 11 is 3.57. The first kappa shape index (κ1) is 13.3. The van der Waals surface area contributed by atoms with Crippen LogP contribution in [-0.2, 0) is 6.54 Å². The van der Waals surface area contributed by atoms with Gasteiger partial charge in [0.1, 0.15) is 13.2 Å². The highest BCUT2D eigenvalue weighted by atomic mass is 79.9. The van der Waals surface area contributed by atoms with Gasteiger partial charge in [0.25, 0.3) is 0 Å². The van der Waals surface area contributed by atoms with E-state index in [1.807, 2.05) is 12.1 Å². The quantitative estimate of drug-likeness (QED) is 0.915. The fourth-order valence-corrected chi connectivity index (χ4v) is 2.68. The van der Waals surface area contributed by atoms with Crippen molar-refractivity contribution < 1.29 is 9.47 Å². The second kappa shape index (κ2) is 5.75. The van der Waals surface area contributed by atoms with Crippen LogP contribution in [0.1, 0.15) is 11.1 Å². The molecule has 0 atom stereocenters. The highest BCUT2D eigenvalue weighted by Crippen LogP contribution is 2.38. The van der Waals surface area contributed by atoms with Crippen LogP contribution in [0.2, 0.25) is 0 Å². The molecule has 0 saturated heterocycles. The van der Waals surface area contributed by atoms with E-state index >= 15 is 0 Å². The predicted octanol–water partition coefficient (Wildman–Crippen LogP) is 4.14. The summed E-state index contributed by atoms with van der Waals surface area (Å²) in [7, 11) is 0. The van der Waals surface area contributed by atoms with Crippen molar-refractivity contribution in [3.05, 3.63) is 52.0 Å². The van der Waals surface area contributed by atoms with Gasteiger partial charge in [-0.05, 0) is 28.4 Å². The Balaban J connectivity index is 1.77. The van der Waals surface area contributed by atoms with Gasteiger partial charge in [-0.3, -0.25) is 0 Å². The average Bonchev–Trinajstić information content (AvgIpc) is 2.45. The Morgan fingerprint density at radius 2 is 1.85 bits per heavy atom. The van der Waals surface area contributed by atoms with E-state index in [1.54, 1.807) is 0 Å². The topological polar surface area (TPSA) is 30.5 Å². The van der Waals surface area contributed by atoms with Crippen LogP contribution in [0.25, 0.3) is 0 Å². The maximum atomic E-state index is 5.60. The van der Waals surface area contributed by atoms with Crippen LogP contribution < -0.4 is 14.8 Å². The third-order valence-corrected chi connectivity index (χ3v) is 3.85. The third-order valence-electron chi connectivity index (χ3n) is 3.20. The molecule has 0 unspecified atom stereocenters. The molecule has 3 nitrogen and oxygen atoms in total. The second-order valence-corrected chi connectivity index (χ2v) is 5.67. The molecule has 1 heterocycles. The summed E-state index contributed by atoms with van der Waals surface area (Å²) in [5.41, 5.74) is 3.54. The van der Waals surface area contributed by atoms with E-state index < -0.39 is 0 Å². The zero-order chi connectivity index (χ0) is 13.9. The SMILES string of the molecule is Cc1cccc(CNc2cc3c(cc2Br)OCCO3)c1. The molecule has 2 aromatic carbocycles. The summed E-state index contributed by atoms with van der Waals surface area (Å²) in [6, 6.07) is 12.4. The highest BCUT2D eigenvalue weighted by Gasteiger charge is 2.14. The minimum Gasteiger partial charge on any atom is -0.486 e. The van der Waals surface area contributed by atoms with Crippen LogP contribution in [0.15, 0.2) is 40.9 Å². The number of fused-ring (bicyclic) bond motifs is 1. The Hall–Kier alpha value is -1.68. The van der Waals surface area contributed by atoms with Crippen LogP contribution in [0.3, 0.4) is 0 Å². The van der Waals surface area contributed by atoms with Gasteiger partial charge in [0.15, 0.2) is 11.5 Å². The van der Waals surface area contributed by atoms with Gasteiger partial charge in [0, 0.05) is 23.2 Å². The zero-order valence-corrected chi connectivity index (χ0v) is 12.9. The number of rotatable bonds is 3. The van der Waals surface area contributed by atoms with E-state index in [9.17, 15) is 0 Å². The molecule has 0 aromatic heterocycles. The van der Waals surface area contributed by atoms with Crippen molar-refractivity contribution in [1.29, 1.82) is 0 Å². The zero-order valence-electron chi connectivity index (χ0n) is 11.3. The number of benzene rings is 2. The molecule has 20 heavy (non-hydrogen) atoms. The molecule has 0 aliphatic carbocycles. The van der Waals surface area contributed by atoms with Crippen molar-refractivity contribution in [3.8, 4) is 11.5 Å². The van der Waals surface area contributed by atoms with Crippen molar-refractivity contribution in [2.75, 3.05) is 18.5 Å². The molecule has 1 N–H and O–H groups in total. The number of aryl methyl sites for hydroxylation is 1.